The monoisotopic (exact) mass is 258 g/mol. The van der Waals surface area contributed by atoms with E-state index in [9.17, 15) is 13.2 Å². The summed E-state index contributed by atoms with van der Waals surface area (Å²) in [6, 6.07) is 0. The van der Waals surface area contributed by atoms with E-state index in [1.54, 1.807) is 0 Å². The SMILES string of the molecule is O=C=NC1CCCCN1S(=O)(=O)C1CCCC1. The molecule has 0 spiro atoms. The summed E-state index contributed by atoms with van der Waals surface area (Å²) in [5, 5.41) is -0.259. The van der Waals surface area contributed by atoms with E-state index in [0.717, 1.165) is 38.5 Å². The number of nitrogens with zero attached hydrogens (tertiary/aromatic N) is 2. The van der Waals surface area contributed by atoms with Crippen molar-refractivity contribution in [2.24, 2.45) is 4.99 Å². The first-order valence-corrected chi connectivity index (χ1v) is 7.74. The molecule has 6 heteroatoms. The molecule has 1 aliphatic carbocycles. The first kappa shape index (κ1) is 12.7. The van der Waals surface area contributed by atoms with Gasteiger partial charge in [-0.1, -0.05) is 12.8 Å². The Kier molecular flexibility index (Phi) is 3.97. The van der Waals surface area contributed by atoms with Gasteiger partial charge in [0.25, 0.3) is 0 Å². The molecule has 0 aromatic heterocycles. The van der Waals surface area contributed by atoms with Crippen molar-refractivity contribution in [3.63, 3.8) is 0 Å². The second-order valence-corrected chi connectivity index (χ2v) is 6.92. The summed E-state index contributed by atoms with van der Waals surface area (Å²) in [5.41, 5.74) is 0. The number of rotatable bonds is 3. The molecule has 0 N–H and O–H groups in total. The maximum absolute atomic E-state index is 12.4. The van der Waals surface area contributed by atoms with Crippen molar-refractivity contribution in [2.45, 2.75) is 56.4 Å². The zero-order valence-corrected chi connectivity index (χ0v) is 10.7. The topological polar surface area (TPSA) is 66.8 Å². The quantitative estimate of drug-likeness (QED) is 0.568. The number of carbonyl (C=O) groups excluding carboxylic acids is 1. The lowest BCUT2D eigenvalue weighted by Gasteiger charge is -2.33. The van der Waals surface area contributed by atoms with Crippen LogP contribution in [-0.2, 0) is 14.8 Å². The molecule has 2 aliphatic rings. The maximum atomic E-state index is 12.4. The van der Waals surface area contributed by atoms with E-state index in [0.29, 0.717) is 13.0 Å². The minimum Gasteiger partial charge on any atom is -0.212 e. The Labute approximate surface area is 102 Å². The lowest BCUT2D eigenvalue weighted by atomic mass is 10.1. The summed E-state index contributed by atoms with van der Waals surface area (Å²) < 4.78 is 26.2. The van der Waals surface area contributed by atoms with Gasteiger partial charge < -0.3 is 0 Å². The van der Waals surface area contributed by atoms with E-state index in [4.69, 9.17) is 0 Å². The normalized spacial score (nSPS) is 27.9. The highest BCUT2D eigenvalue weighted by molar-refractivity contribution is 7.89. The van der Waals surface area contributed by atoms with Crippen LogP contribution >= 0.6 is 0 Å². The second-order valence-electron chi connectivity index (χ2n) is 4.76. The van der Waals surface area contributed by atoms with Gasteiger partial charge in [0.05, 0.1) is 5.25 Å². The van der Waals surface area contributed by atoms with Gasteiger partial charge in [-0.25, -0.2) is 13.2 Å². The minimum absolute atomic E-state index is 0.259. The Morgan fingerprint density at radius 3 is 2.35 bits per heavy atom. The van der Waals surface area contributed by atoms with Crippen LogP contribution in [0.15, 0.2) is 4.99 Å². The predicted molar refractivity (Wildman–Crippen MR) is 63.6 cm³/mol. The molecule has 0 radical (unpaired) electrons. The molecule has 5 nitrogen and oxygen atoms in total. The van der Waals surface area contributed by atoms with Crippen LogP contribution in [0.2, 0.25) is 0 Å². The standard InChI is InChI=1S/C11H18N2O3S/c14-9-12-11-7-3-4-8-13(11)17(15,16)10-5-1-2-6-10/h10-11H,1-8H2. The Morgan fingerprint density at radius 1 is 1.06 bits per heavy atom. The molecule has 1 saturated heterocycles. The van der Waals surface area contributed by atoms with Gasteiger partial charge in [0.2, 0.25) is 16.1 Å². The van der Waals surface area contributed by atoms with E-state index in [2.05, 4.69) is 4.99 Å². The largest absolute Gasteiger partial charge is 0.236 e. The number of isocyanates is 1. The first-order valence-electron chi connectivity index (χ1n) is 6.24. The molecule has 96 valence electrons. The maximum Gasteiger partial charge on any atom is 0.236 e. The predicted octanol–water partition coefficient (Wildman–Crippen LogP) is 1.41. The molecule has 0 bridgehead atoms. The lowest BCUT2D eigenvalue weighted by molar-refractivity contribution is 0.256. The highest BCUT2D eigenvalue weighted by Gasteiger charge is 2.38. The highest BCUT2D eigenvalue weighted by Crippen LogP contribution is 2.31. The van der Waals surface area contributed by atoms with Crippen molar-refractivity contribution >= 4 is 16.1 Å². The third-order valence-electron chi connectivity index (χ3n) is 3.68. The van der Waals surface area contributed by atoms with Crippen LogP contribution in [-0.4, -0.2) is 36.8 Å². The number of hydrogen-bond donors (Lipinski definition) is 0. The van der Waals surface area contributed by atoms with Crippen molar-refractivity contribution in [3.8, 4) is 0 Å². The van der Waals surface area contributed by atoms with E-state index in [1.165, 1.54) is 10.4 Å². The summed E-state index contributed by atoms with van der Waals surface area (Å²) in [6.07, 6.45) is 6.88. The third-order valence-corrected chi connectivity index (χ3v) is 6.07. The first-order chi connectivity index (χ1) is 8.16. The van der Waals surface area contributed by atoms with Gasteiger partial charge in [-0.05, 0) is 32.1 Å². The van der Waals surface area contributed by atoms with Crippen LogP contribution in [0.4, 0.5) is 0 Å². The number of hydrogen-bond acceptors (Lipinski definition) is 4. The molecule has 1 aliphatic heterocycles. The van der Waals surface area contributed by atoms with Gasteiger partial charge >= 0.3 is 0 Å². The van der Waals surface area contributed by atoms with Gasteiger partial charge in [0.1, 0.15) is 6.17 Å². The minimum atomic E-state index is -3.27. The average molecular weight is 258 g/mol. The van der Waals surface area contributed by atoms with Gasteiger partial charge in [-0.3, -0.25) is 0 Å². The Bertz CT molecular complexity index is 408. The molecule has 1 saturated carbocycles. The van der Waals surface area contributed by atoms with Gasteiger partial charge in [-0.15, -0.1) is 0 Å². The van der Waals surface area contributed by atoms with E-state index in [-0.39, 0.29) is 5.25 Å². The van der Waals surface area contributed by atoms with Crippen LogP contribution in [0.3, 0.4) is 0 Å². The average Bonchev–Trinajstić information content (AvgIpc) is 2.84. The summed E-state index contributed by atoms with van der Waals surface area (Å²) in [4.78, 5) is 14.0. The summed E-state index contributed by atoms with van der Waals surface area (Å²) in [7, 11) is -3.27. The number of sulfonamides is 1. The summed E-state index contributed by atoms with van der Waals surface area (Å²) in [6.45, 7) is 0.495. The highest BCUT2D eigenvalue weighted by atomic mass is 32.2. The van der Waals surface area contributed by atoms with Crippen molar-refractivity contribution in [2.75, 3.05) is 6.54 Å². The molecule has 2 rings (SSSR count). The van der Waals surface area contributed by atoms with Gasteiger partial charge in [0.15, 0.2) is 0 Å². The molecule has 2 fully saturated rings. The molecule has 1 heterocycles. The third kappa shape index (κ3) is 2.59. The molecule has 0 amide bonds. The molecular weight excluding hydrogens is 240 g/mol. The van der Waals surface area contributed by atoms with Crippen molar-refractivity contribution in [3.05, 3.63) is 0 Å². The Morgan fingerprint density at radius 2 is 1.71 bits per heavy atom. The van der Waals surface area contributed by atoms with E-state index >= 15 is 0 Å². The van der Waals surface area contributed by atoms with Gasteiger partial charge in [0, 0.05) is 6.54 Å². The molecule has 0 aromatic carbocycles. The molecule has 17 heavy (non-hydrogen) atoms. The van der Waals surface area contributed by atoms with Crippen LogP contribution in [0.1, 0.15) is 44.9 Å². The summed E-state index contributed by atoms with van der Waals surface area (Å²) >= 11 is 0. The fraction of sp³-hybridized carbons (Fsp3) is 0.909. The summed E-state index contributed by atoms with van der Waals surface area (Å²) in [5.74, 6) is 0. The van der Waals surface area contributed by atoms with Crippen LogP contribution < -0.4 is 0 Å². The van der Waals surface area contributed by atoms with Crippen LogP contribution in [0, 0.1) is 0 Å². The Hall–Kier alpha value is -0.710. The fourth-order valence-electron chi connectivity index (χ4n) is 2.75. The fourth-order valence-corrected chi connectivity index (χ4v) is 4.94. The van der Waals surface area contributed by atoms with Crippen LogP contribution in [0.25, 0.3) is 0 Å². The van der Waals surface area contributed by atoms with E-state index < -0.39 is 16.2 Å². The second kappa shape index (κ2) is 5.29. The van der Waals surface area contributed by atoms with Crippen molar-refractivity contribution in [1.29, 1.82) is 0 Å². The number of aliphatic imine (C=N–C) groups is 1. The molecule has 1 atom stereocenters. The van der Waals surface area contributed by atoms with Crippen molar-refractivity contribution in [1.82, 2.24) is 4.31 Å². The lowest BCUT2D eigenvalue weighted by Crippen LogP contribution is -2.46. The zero-order valence-electron chi connectivity index (χ0n) is 9.84. The van der Waals surface area contributed by atoms with Crippen molar-refractivity contribution < 1.29 is 13.2 Å². The zero-order chi connectivity index (χ0) is 12.3. The van der Waals surface area contributed by atoms with E-state index in [1.807, 2.05) is 0 Å². The number of piperidine rings is 1. The van der Waals surface area contributed by atoms with Gasteiger partial charge in [-0.2, -0.15) is 9.30 Å². The molecular formula is C11H18N2O3S. The smallest absolute Gasteiger partial charge is 0.212 e. The molecule has 1 unspecified atom stereocenters. The molecule has 0 aromatic rings. The van der Waals surface area contributed by atoms with Crippen LogP contribution in [0.5, 0.6) is 0 Å². The Balaban J connectivity index is 2.20.